The Morgan fingerprint density at radius 1 is 1.18 bits per heavy atom. The average Bonchev–Trinajstić information content (AvgIpc) is 2.77. The van der Waals surface area contributed by atoms with Gasteiger partial charge < -0.3 is 4.42 Å². The van der Waals surface area contributed by atoms with E-state index in [1.54, 1.807) is 30.3 Å². The third-order valence-electron chi connectivity index (χ3n) is 2.19. The molecule has 0 N–H and O–H groups in total. The first kappa shape index (κ1) is 11.9. The molecule has 0 bridgehead atoms. The van der Waals surface area contributed by atoms with Gasteiger partial charge in [0.05, 0.1) is 6.26 Å². The molecule has 0 saturated carbocycles. The number of halogens is 2. The highest BCUT2D eigenvalue weighted by atomic mass is 32.2. The normalized spacial score (nSPS) is 10.8. The summed E-state index contributed by atoms with van der Waals surface area (Å²) in [5.41, 5.74) is 1.42. The molecule has 0 amide bonds. The first-order valence-corrected chi connectivity index (χ1v) is 5.66. The Morgan fingerprint density at radius 2 is 1.88 bits per heavy atom. The molecule has 2 rings (SSSR count). The molecule has 0 radical (unpaired) electrons. The van der Waals surface area contributed by atoms with Crippen LogP contribution in [0.3, 0.4) is 0 Å². The lowest BCUT2D eigenvalue weighted by Crippen LogP contribution is -1.84. The van der Waals surface area contributed by atoms with E-state index in [1.807, 2.05) is 0 Å². The molecule has 1 aromatic carbocycles. The van der Waals surface area contributed by atoms with Crippen molar-refractivity contribution in [1.82, 2.24) is 0 Å². The Bertz CT molecular complexity index is 505. The van der Waals surface area contributed by atoms with E-state index < -0.39 is 5.76 Å². The first-order valence-electron chi connectivity index (χ1n) is 4.78. The zero-order valence-electron chi connectivity index (χ0n) is 8.60. The van der Waals surface area contributed by atoms with Gasteiger partial charge in [-0.3, -0.25) is 4.79 Å². The Balaban J connectivity index is 2.26. The number of carbonyl (C=O) groups is 1. The molecule has 0 unspecified atom stereocenters. The van der Waals surface area contributed by atoms with E-state index in [0.29, 0.717) is 28.5 Å². The molecule has 5 heteroatoms. The summed E-state index contributed by atoms with van der Waals surface area (Å²) in [4.78, 5) is 11.2. The van der Waals surface area contributed by atoms with Crippen molar-refractivity contribution in [3.05, 3.63) is 42.4 Å². The highest BCUT2D eigenvalue weighted by Gasteiger charge is 2.09. The Labute approximate surface area is 101 Å². The van der Waals surface area contributed by atoms with Crippen molar-refractivity contribution in [3.63, 3.8) is 0 Å². The quantitative estimate of drug-likeness (QED) is 0.608. The van der Waals surface area contributed by atoms with Crippen LogP contribution in [0.25, 0.3) is 11.1 Å². The predicted octanol–water partition coefficient (Wildman–Crippen LogP) is 4.07. The van der Waals surface area contributed by atoms with E-state index in [1.165, 1.54) is 6.26 Å². The molecular formula is C12H8F2O2S. The van der Waals surface area contributed by atoms with Crippen LogP contribution >= 0.6 is 11.8 Å². The summed E-state index contributed by atoms with van der Waals surface area (Å²) < 4.78 is 29.2. The van der Waals surface area contributed by atoms with Gasteiger partial charge in [-0.15, -0.1) is 0 Å². The lowest BCUT2D eigenvalue weighted by molar-refractivity contribution is 0.110. The highest BCUT2D eigenvalue weighted by Crippen LogP contribution is 2.29. The molecule has 0 spiro atoms. The van der Waals surface area contributed by atoms with Crippen molar-refractivity contribution in [1.29, 1.82) is 0 Å². The van der Waals surface area contributed by atoms with Gasteiger partial charge in [0.1, 0.15) is 0 Å². The fraction of sp³-hybridized carbons (Fsp3) is 0.0833. The van der Waals surface area contributed by atoms with Crippen LogP contribution in [0.5, 0.6) is 0 Å². The van der Waals surface area contributed by atoms with Gasteiger partial charge >= 0.3 is 0 Å². The van der Waals surface area contributed by atoms with E-state index in [9.17, 15) is 13.6 Å². The van der Waals surface area contributed by atoms with Gasteiger partial charge in [0.15, 0.2) is 12.0 Å². The van der Waals surface area contributed by atoms with Gasteiger partial charge in [-0.25, -0.2) is 0 Å². The van der Waals surface area contributed by atoms with E-state index in [-0.39, 0.29) is 5.76 Å². The average molecular weight is 254 g/mol. The van der Waals surface area contributed by atoms with Crippen LogP contribution in [0.2, 0.25) is 0 Å². The van der Waals surface area contributed by atoms with Gasteiger partial charge in [0.2, 0.25) is 0 Å². The van der Waals surface area contributed by atoms with Gasteiger partial charge in [-0.05, 0) is 23.8 Å². The Kier molecular flexibility index (Phi) is 3.58. The number of rotatable bonds is 4. The zero-order chi connectivity index (χ0) is 12.3. The minimum Gasteiger partial charge on any atom is -0.461 e. The molecule has 0 atom stereocenters. The van der Waals surface area contributed by atoms with Crippen molar-refractivity contribution in [2.75, 3.05) is 0 Å². The summed E-state index contributed by atoms with van der Waals surface area (Å²) in [5, 5.41) is 0. The number of hydrogen-bond acceptors (Lipinski definition) is 3. The van der Waals surface area contributed by atoms with Crippen LogP contribution in [0.4, 0.5) is 8.78 Å². The predicted molar refractivity (Wildman–Crippen MR) is 61.4 cm³/mol. The van der Waals surface area contributed by atoms with E-state index in [2.05, 4.69) is 0 Å². The maximum atomic E-state index is 12.1. The molecule has 0 fully saturated rings. The minimum absolute atomic E-state index is 0.235. The number of carbonyl (C=O) groups excluding carboxylic acids is 1. The molecule has 2 nitrogen and oxygen atoms in total. The Morgan fingerprint density at radius 3 is 2.47 bits per heavy atom. The molecule has 2 aromatic rings. The van der Waals surface area contributed by atoms with E-state index in [4.69, 9.17) is 4.42 Å². The SMILES string of the molecule is O=Cc1occc1-c1ccc(SC(F)F)cc1. The molecule has 1 heterocycles. The lowest BCUT2D eigenvalue weighted by atomic mass is 10.1. The number of hydrogen-bond donors (Lipinski definition) is 0. The number of furan rings is 1. The molecule has 0 saturated heterocycles. The van der Waals surface area contributed by atoms with Gasteiger partial charge in [-0.1, -0.05) is 23.9 Å². The molecule has 88 valence electrons. The Hall–Kier alpha value is -1.62. The van der Waals surface area contributed by atoms with Crippen molar-refractivity contribution < 1.29 is 18.0 Å². The van der Waals surface area contributed by atoms with Gasteiger partial charge in [-0.2, -0.15) is 8.78 Å². The standard InChI is InChI=1S/C12H8F2O2S/c13-12(14)17-9-3-1-8(2-4-9)10-5-6-16-11(10)7-15/h1-7,12H. The van der Waals surface area contributed by atoms with Crippen LogP contribution in [-0.2, 0) is 0 Å². The summed E-state index contributed by atoms with van der Waals surface area (Å²) in [6, 6.07) is 8.21. The second-order valence-electron chi connectivity index (χ2n) is 3.22. The lowest BCUT2D eigenvalue weighted by Gasteiger charge is -2.02. The van der Waals surface area contributed by atoms with Crippen LogP contribution in [0.1, 0.15) is 10.6 Å². The summed E-state index contributed by atoms with van der Waals surface area (Å²) in [5.74, 6) is -2.19. The molecule has 0 aliphatic rings. The van der Waals surface area contributed by atoms with Crippen LogP contribution in [0, 0.1) is 0 Å². The summed E-state index contributed by atoms with van der Waals surface area (Å²) in [6.07, 6.45) is 2.04. The molecule has 0 aliphatic carbocycles. The monoisotopic (exact) mass is 254 g/mol. The molecular weight excluding hydrogens is 246 g/mol. The maximum Gasteiger partial charge on any atom is 0.288 e. The second-order valence-corrected chi connectivity index (χ2v) is 4.28. The van der Waals surface area contributed by atoms with E-state index in [0.717, 1.165) is 5.56 Å². The fourth-order valence-corrected chi connectivity index (χ4v) is 1.97. The van der Waals surface area contributed by atoms with Crippen molar-refractivity contribution in [2.45, 2.75) is 10.7 Å². The summed E-state index contributed by atoms with van der Waals surface area (Å²) in [6.45, 7) is 0. The molecule has 1 aromatic heterocycles. The molecule has 0 aliphatic heterocycles. The second kappa shape index (κ2) is 5.14. The van der Waals surface area contributed by atoms with Gasteiger partial charge in [0, 0.05) is 10.5 Å². The topological polar surface area (TPSA) is 30.2 Å². The van der Waals surface area contributed by atoms with Crippen LogP contribution in [-0.4, -0.2) is 12.0 Å². The van der Waals surface area contributed by atoms with Crippen molar-refractivity contribution >= 4 is 18.0 Å². The largest absolute Gasteiger partial charge is 0.461 e. The summed E-state index contributed by atoms with van der Waals surface area (Å²) in [7, 11) is 0. The summed E-state index contributed by atoms with van der Waals surface area (Å²) >= 11 is 0.488. The number of benzene rings is 1. The number of thioether (sulfide) groups is 1. The third-order valence-corrected chi connectivity index (χ3v) is 2.92. The fourth-order valence-electron chi connectivity index (χ4n) is 1.47. The maximum absolute atomic E-state index is 12.1. The van der Waals surface area contributed by atoms with Gasteiger partial charge in [0.25, 0.3) is 5.76 Å². The highest BCUT2D eigenvalue weighted by molar-refractivity contribution is 7.99. The van der Waals surface area contributed by atoms with Crippen LogP contribution in [0.15, 0.2) is 45.9 Å². The smallest absolute Gasteiger partial charge is 0.288 e. The minimum atomic E-state index is -2.43. The van der Waals surface area contributed by atoms with E-state index >= 15 is 0 Å². The third kappa shape index (κ3) is 2.74. The first-order chi connectivity index (χ1) is 8.20. The van der Waals surface area contributed by atoms with Crippen molar-refractivity contribution in [3.8, 4) is 11.1 Å². The zero-order valence-corrected chi connectivity index (χ0v) is 9.42. The van der Waals surface area contributed by atoms with Crippen LogP contribution < -0.4 is 0 Å². The molecule has 17 heavy (non-hydrogen) atoms. The van der Waals surface area contributed by atoms with Crippen molar-refractivity contribution in [2.24, 2.45) is 0 Å². The number of aldehydes is 1. The number of alkyl halides is 2.